The summed E-state index contributed by atoms with van der Waals surface area (Å²) in [6.07, 6.45) is 5.97. The van der Waals surface area contributed by atoms with Crippen molar-refractivity contribution in [3.8, 4) is 5.75 Å². The van der Waals surface area contributed by atoms with Crippen LogP contribution < -0.4 is 10.1 Å². The maximum Gasteiger partial charge on any atom is 0.119 e. The van der Waals surface area contributed by atoms with E-state index in [0.717, 1.165) is 25.1 Å². The number of nitrogens with zero attached hydrogens (tertiary/aromatic N) is 1. The molecule has 2 aromatic carbocycles. The number of hydrogen-bond acceptors (Lipinski definition) is 3. The highest BCUT2D eigenvalue weighted by atomic mass is 35.5. The lowest BCUT2D eigenvalue weighted by atomic mass is 9.75. The van der Waals surface area contributed by atoms with Crippen LogP contribution in [0.15, 0.2) is 36.4 Å². The molecule has 1 heterocycles. The summed E-state index contributed by atoms with van der Waals surface area (Å²) in [5, 5.41) is 4.40. The minimum Gasteiger partial charge on any atom is -0.492 e. The van der Waals surface area contributed by atoms with Crippen molar-refractivity contribution in [1.82, 2.24) is 10.2 Å². The summed E-state index contributed by atoms with van der Waals surface area (Å²) in [5.74, 6) is 1.42. The largest absolute Gasteiger partial charge is 0.492 e. The zero-order chi connectivity index (χ0) is 20.2. The Morgan fingerprint density at radius 1 is 1.07 bits per heavy atom. The molecule has 0 amide bonds. The summed E-state index contributed by atoms with van der Waals surface area (Å²) in [6, 6.07) is 13.3. The van der Waals surface area contributed by atoms with Gasteiger partial charge in [-0.25, -0.2) is 0 Å². The van der Waals surface area contributed by atoms with Crippen LogP contribution in [0, 0.1) is 0 Å². The molecule has 2 aromatic rings. The smallest absolute Gasteiger partial charge is 0.119 e. The Morgan fingerprint density at radius 2 is 1.87 bits per heavy atom. The van der Waals surface area contributed by atoms with E-state index in [1.54, 1.807) is 0 Å². The van der Waals surface area contributed by atoms with Crippen molar-refractivity contribution in [1.29, 1.82) is 0 Å². The number of hydrogen-bond donors (Lipinski definition) is 1. The molecule has 1 N–H and O–H groups in total. The zero-order valence-electron chi connectivity index (χ0n) is 17.5. The highest BCUT2D eigenvalue weighted by Crippen LogP contribution is 2.40. The third-order valence-electron chi connectivity index (χ3n) is 6.36. The number of ether oxygens (including phenoxy) is 1. The molecule has 0 radical (unpaired) electrons. The van der Waals surface area contributed by atoms with Gasteiger partial charge in [0.15, 0.2) is 0 Å². The number of nitrogens with one attached hydrogen (secondary N) is 1. The van der Waals surface area contributed by atoms with E-state index in [1.165, 1.54) is 49.0 Å². The van der Waals surface area contributed by atoms with Crippen LogP contribution in [0.4, 0.5) is 0 Å². The molecule has 1 aliphatic heterocycles. The quantitative estimate of drug-likeness (QED) is 0.522. The summed E-state index contributed by atoms with van der Waals surface area (Å²) in [5.41, 5.74) is 4.16. The van der Waals surface area contributed by atoms with Crippen LogP contribution in [0.25, 0.3) is 0 Å². The normalized spacial score (nSPS) is 21.2. The van der Waals surface area contributed by atoms with Crippen molar-refractivity contribution < 1.29 is 4.74 Å². The van der Waals surface area contributed by atoms with Gasteiger partial charge in [0.25, 0.3) is 0 Å². The lowest BCUT2D eigenvalue weighted by molar-refractivity contribution is 0.188. The number of likely N-dealkylation sites (tertiary alicyclic amines) is 1. The zero-order valence-corrected chi connectivity index (χ0v) is 19.8. The minimum atomic E-state index is 0. The van der Waals surface area contributed by atoms with Gasteiger partial charge < -0.3 is 10.1 Å². The summed E-state index contributed by atoms with van der Waals surface area (Å²) in [4.78, 5) is 2.71. The molecule has 0 saturated carbocycles. The molecular weight excluding hydrogens is 439 g/mol. The Hall–Kier alpha value is -0.970. The van der Waals surface area contributed by atoms with Gasteiger partial charge in [0.2, 0.25) is 0 Å². The van der Waals surface area contributed by atoms with Crippen LogP contribution in [0.3, 0.4) is 0 Å². The maximum absolute atomic E-state index is 6.32. The van der Waals surface area contributed by atoms with Gasteiger partial charge in [-0.3, -0.25) is 4.90 Å². The molecule has 1 fully saturated rings. The molecule has 0 spiro atoms. The van der Waals surface area contributed by atoms with Crippen molar-refractivity contribution in [3.05, 3.63) is 63.1 Å². The van der Waals surface area contributed by atoms with Gasteiger partial charge >= 0.3 is 0 Å². The molecule has 2 aliphatic rings. The van der Waals surface area contributed by atoms with Gasteiger partial charge in [-0.15, -0.1) is 12.4 Å². The third-order valence-corrected chi connectivity index (χ3v) is 7.10. The van der Waals surface area contributed by atoms with Gasteiger partial charge in [-0.05, 0) is 93.2 Å². The van der Waals surface area contributed by atoms with E-state index in [4.69, 9.17) is 27.9 Å². The molecule has 2 unspecified atom stereocenters. The number of rotatable bonds is 7. The Labute approximate surface area is 196 Å². The van der Waals surface area contributed by atoms with Crippen LogP contribution >= 0.6 is 35.6 Å². The number of likely N-dealkylation sites (N-methyl/N-ethyl adjacent to an activating group) is 1. The number of fused-ring (bicyclic) bond motifs is 1. The highest BCUT2D eigenvalue weighted by molar-refractivity contribution is 6.42. The molecule has 0 aromatic heterocycles. The van der Waals surface area contributed by atoms with Crippen LogP contribution in [0.1, 0.15) is 41.9 Å². The fourth-order valence-corrected chi connectivity index (χ4v) is 5.22. The predicted octanol–water partition coefficient (Wildman–Crippen LogP) is 5.75. The van der Waals surface area contributed by atoms with Crippen molar-refractivity contribution in [3.63, 3.8) is 0 Å². The molecule has 2 atom stereocenters. The first-order valence-corrected chi connectivity index (χ1v) is 11.5. The molecule has 1 saturated heterocycles. The first-order chi connectivity index (χ1) is 14.2. The summed E-state index contributed by atoms with van der Waals surface area (Å²) < 4.78 is 5.99. The Morgan fingerprint density at radius 3 is 2.60 bits per heavy atom. The predicted molar refractivity (Wildman–Crippen MR) is 129 cm³/mol. The lowest BCUT2D eigenvalue weighted by Gasteiger charge is -2.39. The standard InChI is InChI=1S/C24H30Cl2N2O.ClH/c1-27-10-13-29-19-7-5-18-6-9-24(28-11-2-3-12-28)21(20(18)16-19)14-17-4-8-22(25)23(26)15-17;/h4-5,7-8,15-16,21,24,27H,2-3,6,9-14H2,1H3;1H. The maximum atomic E-state index is 6.32. The molecule has 3 nitrogen and oxygen atoms in total. The van der Waals surface area contributed by atoms with Crippen molar-refractivity contribution >= 4 is 35.6 Å². The average molecular weight is 470 g/mol. The number of aryl methyl sites for hydroxylation is 1. The second-order valence-electron chi connectivity index (χ2n) is 8.22. The fourth-order valence-electron chi connectivity index (χ4n) is 4.90. The molecule has 30 heavy (non-hydrogen) atoms. The first kappa shape index (κ1) is 23.7. The average Bonchev–Trinajstić information content (AvgIpc) is 3.26. The summed E-state index contributed by atoms with van der Waals surface area (Å²) in [6.45, 7) is 3.97. The topological polar surface area (TPSA) is 24.5 Å². The highest BCUT2D eigenvalue weighted by Gasteiger charge is 2.35. The second-order valence-corrected chi connectivity index (χ2v) is 9.04. The van der Waals surface area contributed by atoms with Crippen molar-refractivity contribution in [2.24, 2.45) is 0 Å². The van der Waals surface area contributed by atoms with Crippen LogP contribution in [0.5, 0.6) is 5.75 Å². The van der Waals surface area contributed by atoms with Crippen molar-refractivity contribution in [2.75, 3.05) is 33.3 Å². The van der Waals surface area contributed by atoms with E-state index >= 15 is 0 Å². The van der Waals surface area contributed by atoms with E-state index in [0.29, 0.717) is 28.6 Å². The minimum absolute atomic E-state index is 0. The van der Waals surface area contributed by atoms with Gasteiger partial charge in [0.05, 0.1) is 10.0 Å². The van der Waals surface area contributed by atoms with E-state index < -0.39 is 0 Å². The molecular formula is C24H31Cl3N2O. The molecule has 164 valence electrons. The van der Waals surface area contributed by atoms with Gasteiger partial charge in [0.1, 0.15) is 12.4 Å². The molecule has 1 aliphatic carbocycles. The summed E-state index contributed by atoms with van der Waals surface area (Å²) >= 11 is 12.5. The third kappa shape index (κ3) is 5.44. The van der Waals surface area contributed by atoms with E-state index in [9.17, 15) is 0 Å². The Balaban J connectivity index is 0.00000256. The lowest BCUT2D eigenvalue weighted by Crippen LogP contribution is -2.41. The van der Waals surface area contributed by atoms with Gasteiger partial charge in [-0.2, -0.15) is 0 Å². The monoisotopic (exact) mass is 468 g/mol. The summed E-state index contributed by atoms with van der Waals surface area (Å²) in [7, 11) is 1.95. The first-order valence-electron chi connectivity index (χ1n) is 10.7. The van der Waals surface area contributed by atoms with E-state index in [-0.39, 0.29) is 12.4 Å². The van der Waals surface area contributed by atoms with Crippen molar-refractivity contribution in [2.45, 2.75) is 44.1 Å². The van der Waals surface area contributed by atoms with Gasteiger partial charge in [-0.1, -0.05) is 35.3 Å². The van der Waals surface area contributed by atoms with Gasteiger partial charge in [0, 0.05) is 18.5 Å². The van der Waals surface area contributed by atoms with Crippen LogP contribution in [-0.2, 0) is 12.8 Å². The number of halogens is 3. The van der Waals surface area contributed by atoms with Crippen LogP contribution in [0.2, 0.25) is 10.0 Å². The fraction of sp³-hybridized carbons (Fsp3) is 0.500. The van der Waals surface area contributed by atoms with E-state index in [2.05, 4.69) is 34.5 Å². The SMILES string of the molecule is CNCCOc1ccc2c(c1)C(Cc1ccc(Cl)c(Cl)c1)C(N1CCCC1)CC2.Cl. The molecule has 6 heteroatoms. The number of benzene rings is 2. The van der Waals surface area contributed by atoms with Crippen LogP contribution in [-0.4, -0.2) is 44.2 Å². The molecule has 0 bridgehead atoms. The Kier molecular flexibility index (Phi) is 8.73. The van der Waals surface area contributed by atoms with E-state index in [1.807, 2.05) is 19.2 Å². The molecule has 4 rings (SSSR count). The second kappa shape index (κ2) is 11.1. The Bertz CT molecular complexity index is 839.